The highest BCUT2D eigenvalue weighted by Crippen LogP contribution is 2.14. The van der Waals surface area contributed by atoms with Crippen LogP contribution in [0.5, 0.6) is 0 Å². The first-order chi connectivity index (χ1) is 10.3. The van der Waals surface area contributed by atoms with E-state index >= 15 is 0 Å². The minimum absolute atomic E-state index is 0.0533. The van der Waals surface area contributed by atoms with Gasteiger partial charge in [-0.15, -0.1) is 0 Å². The normalized spacial score (nSPS) is 17.9. The van der Waals surface area contributed by atoms with Crippen molar-refractivity contribution in [3.8, 4) is 11.8 Å². The Balaban J connectivity index is 1.64. The van der Waals surface area contributed by atoms with Gasteiger partial charge in [-0.25, -0.2) is 0 Å². The van der Waals surface area contributed by atoms with Crippen LogP contribution in [0.2, 0.25) is 5.02 Å². The first-order valence-corrected chi connectivity index (χ1v) is 7.65. The summed E-state index contributed by atoms with van der Waals surface area (Å²) in [6, 6.07) is 6.74. The number of hydrogen-bond acceptors (Lipinski definition) is 3. The minimum Gasteiger partial charge on any atom is -0.353 e. The maximum absolute atomic E-state index is 11.8. The van der Waals surface area contributed by atoms with Gasteiger partial charge in [-0.3, -0.25) is 4.79 Å². The Kier molecular flexibility index (Phi) is 6.75. The van der Waals surface area contributed by atoms with E-state index in [1.165, 1.54) is 6.42 Å². The van der Waals surface area contributed by atoms with Gasteiger partial charge in [-0.2, -0.15) is 0 Å². The fourth-order valence-corrected chi connectivity index (χ4v) is 2.16. The Morgan fingerprint density at radius 3 is 2.86 bits per heavy atom. The summed E-state index contributed by atoms with van der Waals surface area (Å²) in [4.78, 5) is 11.8. The van der Waals surface area contributed by atoms with Crippen LogP contribution in [0, 0.1) is 11.8 Å². The standard InChI is InChI=1S/C17H19ClO3/c18-15-10-8-14(9-11-15)16(19)6-2-1-4-12-20-17-7-3-5-13-21-17/h8-11,17H,1,3-5,7,12-13H2. The van der Waals surface area contributed by atoms with Crippen molar-refractivity contribution in [2.24, 2.45) is 0 Å². The molecule has 0 aliphatic carbocycles. The second kappa shape index (κ2) is 8.84. The number of unbranched alkanes of at least 4 members (excludes halogenated alkanes) is 1. The van der Waals surface area contributed by atoms with Crippen LogP contribution < -0.4 is 0 Å². The number of carbonyl (C=O) groups is 1. The Hall–Kier alpha value is -1.34. The summed E-state index contributed by atoms with van der Waals surface area (Å²) in [7, 11) is 0. The molecule has 0 N–H and O–H groups in total. The van der Waals surface area contributed by atoms with Crippen LogP contribution in [0.25, 0.3) is 0 Å². The van der Waals surface area contributed by atoms with Crippen LogP contribution in [0.1, 0.15) is 42.5 Å². The molecule has 2 rings (SSSR count). The van der Waals surface area contributed by atoms with Crippen LogP contribution in [0.15, 0.2) is 24.3 Å². The van der Waals surface area contributed by atoms with Gasteiger partial charge in [-0.1, -0.05) is 17.5 Å². The van der Waals surface area contributed by atoms with Crippen molar-refractivity contribution in [1.82, 2.24) is 0 Å². The monoisotopic (exact) mass is 306 g/mol. The number of hydrogen-bond donors (Lipinski definition) is 0. The van der Waals surface area contributed by atoms with Gasteiger partial charge >= 0.3 is 0 Å². The van der Waals surface area contributed by atoms with E-state index in [1.54, 1.807) is 24.3 Å². The predicted molar refractivity (Wildman–Crippen MR) is 82.3 cm³/mol. The molecule has 1 fully saturated rings. The summed E-state index contributed by atoms with van der Waals surface area (Å²) >= 11 is 5.77. The van der Waals surface area contributed by atoms with Crippen molar-refractivity contribution < 1.29 is 14.3 Å². The molecule has 0 spiro atoms. The first kappa shape index (κ1) is 16.0. The number of Topliss-reactive ketones (excluding diaryl/α,β-unsaturated/α-hetero) is 1. The third-order valence-corrected chi connectivity index (χ3v) is 3.45. The van der Waals surface area contributed by atoms with Crippen LogP contribution in [0.4, 0.5) is 0 Å². The highest BCUT2D eigenvalue weighted by Gasteiger charge is 2.13. The molecule has 1 aliphatic rings. The zero-order valence-electron chi connectivity index (χ0n) is 11.9. The molecular weight excluding hydrogens is 288 g/mol. The maximum atomic E-state index is 11.8. The summed E-state index contributed by atoms with van der Waals surface area (Å²) in [6.07, 6.45) is 4.66. The van der Waals surface area contributed by atoms with Crippen molar-refractivity contribution >= 4 is 17.4 Å². The Bertz CT molecular complexity index is 507. The third-order valence-electron chi connectivity index (χ3n) is 3.20. The van der Waals surface area contributed by atoms with E-state index in [4.69, 9.17) is 21.1 Å². The molecule has 0 bridgehead atoms. The van der Waals surface area contributed by atoms with Crippen molar-refractivity contribution in [2.45, 2.75) is 38.4 Å². The van der Waals surface area contributed by atoms with Gasteiger partial charge in [0.25, 0.3) is 0 Å². The summed E-state index contributed by atoms with van der Waals surface area (Å²) in [5.74, 6) is 5.34. The first-order valence-electron chi connectivity index (χ1n) is 7.28. The van der Waals surface area contributed by atoms with Gasteiger partial charge < -0.3 is 9.47 Å². The van der Waals surface area contributed by atoms with Gasteiger partial charge in [0.05, 0.1) is 6.61 Å². The predicted octanol–water partition coefficient (Wildman–Crippen LogP) is 3.85. The van der Waals surface area contributed by atoms with Crippen molar-refractivity contribution in [3.05, 3.63) is 34.9 Å². The second-order valence-corrected chi connectivity index (χ2v) is 5.34. The van der Waals surface area contributed by atoms with Crippen LogP contribution >= 0.6 is 11.6 Å². The molecule has 1 unspecified atom stereocenters. The molecule has 0 radical (unpaired) electrons. The van der Waals surface area contributed by atoms with Crippen molar-refractivity contribution in [3.63, 3.8) is 0 Å². The summed E-state index contributed by atoms with van der Waals surface area (Å²) in [5, 5.41) is 0.613. The zero-order valence-corrected chi connectivity index (χ0v) is 12.7. The lowest BCUT2D eigenvalue weighted by Crippen LogP contribution is -2.22. The third kappa shape index (κ3) is 5.89. The number of rotatable bonds is 5. The average molecular weight is 307 g/mol. The van der Waals surface area contributed by atoms with E-state index in [2.05, 4.69) is 11.8 Å². The van der Waals surface area contributed by atoms with Gasteiger partial charge in [0, 0.05) is 23.6 Å². The van der Waals surface area contributed by atoms with E-state index in [0.717, 1.165) is 25.9 Å². The van der Waals surface area contributed by atoms with Crippen LogP contribution in [-0.4, -0.2) is 25.3 Å². The molecule has 1 aromatic carbocycles. The molecule has 0 aromatic heterocycles. The molecule has 4 heteroatoms. The van der Waals surface area contributed by atoms with E-state index in [9.17, 15) is 4.79 Å². The fraction of sp³-hybridized carbons (Fsp3) is 0.471. The van der Waals surface area contributed by atoms with E-state index in [0.29, 0.717) is 23.6 Å². The highest BCUT2D eigenvalue weighted by atomic mass is 35.5. The Morgan fingerprint density at radius 1 is 1.33 bits per heavy atom. The highest BCUT2D eigenvalue weighted by molar-refractivity contribution is 6.30. The molecule has 1 aliphatic heterocycles. The summed E-state index contributed by atoms with van der Waals surface area (Å²) in [5.41, 5.74) is 0.568. The second-order valence-electron chi connectivity index (χ2n) is 4.91. The van der Waals surface area contributed by atoms with Gasteiger partial charge in [0.1, 0.15) is 0 Å². The quantitative estimate of drug-likeness (QED) is 0.359. The molecule has 112 valence electrons. The van der Waals surface area contributed by atoms with E-state index < -0.39 is 0 Å². The summed E-state index contributed by atoms with van der Waals surface area (Å²) < 4.78 is 11.1. The lowest BCUT2D eigenvalue weighted by Gasteiger charge is -2.22. The van der Waals surface area contributed by atoms with Crippen molar-refractivity contribution in [1.29, 1.82) is 0 Å². The molecule has 0 amide bonds. The van der Waals surface area contributed by atoms with Gasteiger partial charge in [-0.05, 0) is 55.9 Å². The minimum atomic E-state index is -0.178. The maximum Gasteiger partial charge on any atom is 0.235 e. The SMILES string of the molecule is O=C(C#CCCCOC1CCCCO1)c1ccc(Cl)cc1. The topological polar surface area (TPSA) is 35.5 Å². The van der Waals surface area contributed by atoms with Gasteiger partial charge in [0.2, 0.25) is 5.78 Å². The Labute approximate surface area is 130 Å². The molecule has 3 nitrogen and oxygen atoms in total. The molecule has 1 saturated heterocycles. The summed E-state index contributed by atoms with van der Waals surface area (Å²) in [6.45, 7) is 1.41. The number of ether oxygens (including phenoxy) is 2. The van der Waals surface area contributed by atoms with Crippen LogP contribution in [-0.2, 0) is 9.47 Å². The molecule has 1 atom stereocenters. The van der Waals surface area contributed by atoms with E-state index in [-0.39, 0.29) is 12.1 Å². The Morgan fingerprint density at radius 2 is 2.14 bits per heavy atom. The zero-order chi connectivity index (χ0) is 14.9. The van der Waals surface area contributed by atoms with Gasteiger partial charge in [0.15, 0.2) is 6.29 Å². The molecular formula is C17H19ClO3. The molecule has 21 heavy (non-hydrogen) atoms. The fourth-order valence-electron chi connectivity index (χ4n) is 2.03. The van der Waals surface area contributed by atoms with Crippen molar-refractivity contribution in [2.75, 3.05) is 13.2 Å². The lowest BCUT2D eigenvalue weighted by atomic mass is 10.1. The van der Waals surface area contributed by atoms with Crippen LogP contribution in [0.3, 0.4) is 0 Å². The average Bonchev–Trinajstić information content (AvgIpc) is 2.52. The molecule has 1 heterocycles. The largest absolute Gasteiger partial charge is 0.353 e. The number of carbonyl (C=O) groups excluding carboxylic acids is 1. The molecule has 0 saturated carbocycles. The lowest BCUT2D eigenvalue weighted by molar-refractivity contribution is -0.162. The number of ketones is 1. The smallest absolute Gasteiger partial charge is 0.235 e. The number of halogens is 1. The number of benzene rings is 1. The van der Waals surface area contributed by atoms with E-state index in [1.807, 2.05) is 0 Å². The molecule has 1 aromatic rings.